The highest BCUT2D eigenvalue weighted by atomic mass is 16.5. The number of fused-ring (bicyclic) bond motifs is 3. The van der Waals surface area contributed by atoms with Crippen LogP contribution in [0, 0.1) is 0 Å². The van der Waals surface area contributed by atoms with Crippen molar-refractivity contribution >= 4 is 16.8 Å². The van der Waals surface area contributed by atoms with E-state index in [9.17, 15) is 4.79 Å². The lowest BCUT2D eigenvalue weighted by atomic mass is 9.95. The van der Waals surface area contributed by atoms with Gasteiger partial charge >= 0.3 is 0 Å². The summed E-state index contributed by atoms with van der Waals surface area (Å²) in [6.45, 7) is 1.06. The van der Waals surface area contributed by atoms with Crippen molar-refractivity contribution in [2.45, 2.75) is 25.7 Å². The Labute approximate surface area is 118 Å². The number of hydrogen-bond donors (Lipinski definition) is 2. The van der Waals surface area contributed by atoms with Gasteiger partial charge in [-0.05, 0) is 37.3 Å². The van der Waals surface area contributed by atoms with Gasteiger partial charge in [-0.2, -0.15) is 0 Å². The maximum Gasteiger partial charge on any atom is 0.253 e. The summed E-state index contributed by atoms with van der Waals surface area (Å²) >= 11 is 0. The van der Waals surface area contributed by atoms with Gasteiger partial charge < -0.3 is 15.0 Å². The van der Waals surface area contributed by atoms with Crippen LogP contribution in [-0.2, 0) is 17.6 Å². The number of methoxy groups -OCH3 is 1. The summed E-state index contributed by atoms with van der Waals surface area (Å²) in [5, 5.41) is 4.10. The summed E-state index contributed by atoms with van der Waals surface area (Å²) in [4.78, 5) is 15.7. The van der Waals surface area contributed by atoms with Crippen molar-refractivity contribution in [2.24, 2.45) is 0 Å². The maximum absolute atomic E-state index is 12.3. The van der Waals surface area contributed by atoms with Crippen molar-refractivity contribution in [1.82, 2.24) is 10.3 Å². The molecule has 0 aliphatic heterocycles. The molecule has 0 fully saturated rings. The Morgan fingerprint density at radius 1 is 1.35 bits per heavy atom. The quantitative estimate of drug-likeness (QED) is 0.840. The predicted molar refractivity (Wildman–Crippen MR) is 79.1 cm³/mol. The number of nitrogens with one attached hydrogen (secondary N) is 2. The number of ether oxygens (including phenoxy) is 1. The summed E-state index contributed by atoms with van der Waals surface area (Å²) in [7, 11) is 1.63. The zero-order chi connectivity index (χ0) is 13.9. The highest BCUT2D eigenvalue weighted by Crippen LogP contribution is 2.30. The number of aromatic nitrogens is 1. The molecule has 1 heterocycles. The van der Waals surface area contributed by atoms with Crippen LogP contribution in [0.25, 0.3) is 10.9 Å². The van der Waals surface area contributed by atoms with E-state index in [-0.39, 0.29) is 5.91 Å². The molecule has 2 N–H and O–H groups in total. The molecule has 0 bridgehead atoms. The number of rotatable bonds is 4. The minimum Gasteiger partial charge on any atom is -0.383 e. The largest absolute Gasteiger partial charge is 0.383 e. The summed E-state index contributed by atoms with van der Waals surface area (Å²) < 4.78 is 4.96. The molecule has 106 valence electrons. The second-order valence-electron chi connectivity index (χ2n) is 5.27. The standard InChI is InChI=1S/C16H20N2O2/c1-20-10-9-17-16(19)13-7-4-6-12-11-5-2-3-8-14(11)18-15(12)13/h4,6-7,18H,2-3,5,8-10H2,1H3,(H,17,19). The molecule has 1 aromatic heterocycles. The lowest BCUT2D eigenvalue weighted by molar-refractivity contribution is 0.0938. The molecular weight excluding hydrogens is 252 g/mol. The lowest BCUT2D eigenvalue weighted by Gasteiger charge is -2.10. The Morgan fingerprint density at radius 2 is 2.20 bits per heavy atom. The van der Waals surface area contributed by atoms with Gasteiger partial charge in [0, 0.05) is 24.7 Å². The van der Waals surface area contributed by atoms with E-state index in [1.165, 1.54) is 29.5 Å². The highest BCUT2D eigenvalue weighted by molar-refractivity contribution is 6.06. The summed E-state index contributed by atoms with van der Waals surface area (Å²) in [5.74, 6) is -0.0359. The van der Waals surface area contributed by atoms with Crippen molar-refractivity contribution in [1.29, 1.82) is 0 Å². The molecule has 0 atom stereocenters. The van der Waals surface area contributed by atoms with Gasteiger partial charge in [0.05, 0.1) is 17.7 Å². The molecule has 0 unspecified atom stereocenters. The first-order valence-corrected chi connectivity index (χ1v) is 7.21. The van der Waals surface area contributed by atoms with Gasteiger partial charge in [0.15, 0.2) is 0 Å². The van der Waals surface area contributed by atoms with Crippen LogP contribution in [-0.4, -0.2) is 31.2 Å². The smallest absolute Gasteiger partial charge is 0.253 e. The van der Waals surface area contributed by atoms with Gasteiger partial charge in [-0.3, -0.25) is 4.79 Å². The van der Waals surface area contributed by atoms with Gasteiger partial charge in [0.1, 0.15) is 0 Å². The van der Waals surface area contributed by atoms with Crippen LogP contribution in [0.1, 0.15) is 34.5 Å². The van der Waals surface area contributed by atoms with E-state index in [0.717, 1.165) is 23.9 Å². The van der Waals surface area contributed by atoms with Crippen molar-refractivity contribution < 1.29 is 9.53 Å². The number of H-pyrrole nitrogens is 1. The van der Waals surface area contributed by atoms with Crippen molar-refractivity contribution in [2.75, 3.05) is 20.3 Å². The first-order chi connectivity index (χ1) is 9.81. The maximum atomic E-state index is 12.3. The molecule has 0 saturated carbocycles. The molecule has 1 aliphatic carbocycles. The fraction of sp³-hybridized carbons (Fsp3) is 0.438. The highest BCUT2D eigenvalue weighted by Gasteiger charge is 2.18. The number of aryl methyl sites for hydroxylation is 2. The van der Waals surface area contributed by atoms with Gasteiger partial charge in [-0.25, -0.2) is 0 Å². The number of carbonyl (C=O) groups is 1. The molecule has 4 nitrogen and oxygen atoms in total. The van der Waals surface area contributed by atoms with E-state index in [1.807, 2.05) is 12.1 Å². The summed E-state index contributed by atoms with van der Waals surface area (Å²) in [6.07, 6.45) is 4.68. The molecule has 1 aliphatic rings. The van der Waals surface area contributed by atoms with Crippen LogP contribution >= 0.6 is 0 Å². The molecule has 2 aromatic rings. The fourth-order valence-electron chi connectivity index (χ4n) is 2.98. The lowest BCUT2D eigenvalue weighted by Crippen LogP contribution is -2.27. The van der Waals surface area contributed by atoms with Crippen molar-refractivity contribution in [3.05, 3.63) is 35.0 Å². The van der Waals surface area contributed by atoms with E-state index in [4.69, 9.17) is 4.74 Å². The van der Waals surface area contributed by atoms with E-state index >= 15 is 0 Å². The zero-order valence-corrected chi connectivity index (χ0v) is 11.8. The normalized spacial score (nSPS) is 14.2. The van der Waals surface area contributed by atoms with E-state index in [1.54, 1.807) is 7.11 Å². The molecule has 1 aromatic carbocycles. The molecule has 3 rings (SSSR count). The van der Waals surface area contributed by atoms with Crippen molar-refractivity contribution in [3.63, 3.8) is 0 Å². The summed E-state index contributed by atoms with van der Waals surface area (Å²) in [6, 6.07) is 5.96. The summed E-state index contributed by atoms with van der Waals surface area (Å²) in [5.41, 5.74) is 4.42. The molecule has 0 saturated heterocycles. The average Bonchev–Trinajstić information content (AvgIpc) is 2.86. The second-order valence-corrected chi connectivity index (χ2v) is 5.27. The van der Waals surface area contributed by atoms with Crippen LogP contribution in [0.3, 0.4) is 0 Å². The minimum atomic E-state index is -0.0359. The third-order valence-corrected chi connectivity index (χ3v) is 3.97. The Bertz CT molecular complexity index is 631. The molecule has 4 heteroatoms. The topological polar surface area (TPSA) is 54.1 Å². The number of amides is 1. The third-order valence-electron chi connectivity index (χ3n) is 3.97. The van der Waals surface area contributed by atoms with Crippen LogP contribution in [0.5, 0.6) is 0 Å². The van der Waals surface area contributed by atoms with Gasteiger partial charge in [-0.15, -0.1) is 0 Å². The van der Waals surface area contributed by atoms with Gasteiger partial charge in [-0.1, -0.05) is 12.1 Å². The van der Waals surface area contributed by atoms with Gasteiger partial charge in [0.25, 0.3) is 5.91 Å². The number of benzene rings is 1. The first-order valence-electron chi connectivity index (χ1n) is 7.21. The van der Waals surface area contributed by atoms with Gasteiger partial charge in [0.2, 0.25) is 0 Å². The van der Waals surface area contributed by atoms with Crippen LogP contribution in [0.2, 0.25) is 0 Å². The molecular formula is C16H20N2O2. The minimum absolute atomic E-state index is 0.0359. The number of carbonyl (C=O) groups excluding carboxylic acids is 1. The van der Waals surface area contributed by atoms with Crippen LogP contribution < -0.4 is 5.32 Å². The molecule has 20 heavy (non-hydrogen) atoms. The first kappa shape index (κ1) is 13.2. The van der Waals surface area contributed by atoms with Crippen LogP contribution in [0.4, 0.5) is 0 Å². The number of aromatic amines is 1. The van der Waals surface area contributed by atoms with E-state index < -0.39 is 0 Å². The Hall–Kier alpha value is -1.81. The van der Waals surface area contributed by atoms with Crippen molar-refractivity contribution in [3.8, 4) is 0 Å². The fourth-order valence-corrected chi connectivity index (χ4v) is 2.98. The Morgan fingerprint density at radius 3 is 3.05 bits per heavy atom. The number of para-hydroxylation sites is 1. The Kier molecular flexibility index (Phi) is 3.74. The molecule has 0 spiro atoms. The van der Waals surface area contributed by atoms with E-state index in [0.29, 0.717) is 13.2 Å². The monoisotopic (exact) mass is 272 g/mol. The average molecular weight is 272 g/mol. The Balaban J connectivity index is 1.95. The van der Waals surface area contributed by atoms with E-state index in [2.05, 4.69) is 16.4 Å². The predicted octanol–water partition coefficient (Wildman–Crippen LogP) is 2.42. The second kappa shape index (κ2) is 5.67. The zero-order valence-electron chi connectivity index (χ0n) is 11.8. The molecule has 0 radical (unpaired) electrons. The molecule has 1 amide bonds. The van der Waals surface area contributed by atoms with Crippen LogP contribution in [0.15, 0.2) is 18.2 Å². The third kappa shape index (κ3) is 2.31. The number of hydrogen-bond acceptors (Lipinski definition) is 2. The SMILES string of the molecule is COCCNC(=O)c1cccc2c3c([nH]c12)CCCC3.